The van der Waals surface area contributed by atoms with Crippen molar-refractivity contribution >= 4 is 0 Å². The van der Waals surface area contributed by atoms with Crippen LogP contribution in [-0.2, 0) is 0 Å². The lowest BCUT2D eigenvalue weighted by atomic mass is 9.97. The second kappa shape index (κ2) is 6.90. The summed E-state index contributed by atoms with van der Waals surface area (Å²) in [5, 5.41) is 2.89. The van der Waals surface area contributed by atoms with Crippen molar-refractivity contribution < 1.29 is 13.2 Å². The van der Waals surface area contributed by atoms with E-state index in [9.17, 15) is 13.2 Å². The van der Waals surface area contributed by atoms with Gasteiger partial charge in [0.05, 0.1) is 6.42 Å². The number of rotatable bonds is 5. The van der Waals surface area contributed by atoms with Crippen LogP contribution < -0.4 is 5.32 Å². The molecule has 0 heterocycles. The number of alkyl halides is 3. The Kier molecular flexibility index (Phi) is 6.62. The lowest BCUT2D eigenvalue weighted by Gasteiger charge is -2.18. The van der Waals surface area contributed by atoms with Crippen LogP contribution in [0.15, 0.2) is 0 Å². The Morgan fingerprint density at radius 2 is 1.76 bits per heavy atom. The Hall–Kier alpha value is -0.690. The fourth-order valence-electron chi connectivity index (χ4n) is 1.28. The van der Waals surface area contributed by atoms with Gasteiger partial charge in [0.2, 0.25) is 0 Å². The molecule has 1 N–H and O–H groups in total. The summed E-state index contributed by atoms with van der Waals surface area (Å²) in [4.78, 5) is 0. The van der Waals surface area contributed by atoms with Gasteiger partial charge in [-0.25, -0.2) is 0 Å². The van der Waals surface area contributed by atoms with Crippen molar-refractivity contribution in [1.29, 1.82) is 0 Å². The predicted molar refractivity (Wildman–Crippen MR) is 64.6 cm³/mol. The average Bonchev–Trinajstić information content (AvgIpc) is 2.09. The summed E-state index contributed by atoms with van der Waals surface area (Å²) in [6.07, 6.45) is -3.88. The zero-order chi connectivity index (χ0) is 13.5. The van der Waals surface area contributed by atoms with E-state index >= 15 is 0 Å². The molecule has 17 heavy (non-hydrogen) atoms. The van der Waals surface area contributed by atoms with Crippen molar-refractivity contribution in [1.82, 2.24) is 5.32 Å². The standard InChI is InChI=1S/C13H22F3N/c1-5-9-17-11(10-13(14,15)16)7-6-8-12(2,3)4/h11,17H,5,7,9-10H2,1-4H3. The van der Waals surface area contributed by atoms with Gasteiger partial charge in [-0.1, -0.05) is 12.8 Å². The molecular weight excluding hydrogens is 227 g/mol. The summed E-state index contributed by atoms with van der Waals surface area (Å²) in [5.41, 5.74) is -0.159. The highest BCUT2D eigenvalue weighted by Crippen LogP contribution is 2.22. The zero-order valence-corrected chi connectivity index (χ0v) is 11.0. The lowest BCUT2D eigenvalue weighted by molar-refractivity contribution is -0.139. The molecule has 0 aromatic rings. The van der Waals surface area contributed by atoms with E-state index in [1.807, 2.05) is 27.7 Å². The largest absolute Gasteiger partial charge is 0.390 e. The van der Waals surface area contributed by atoms with Gasteiger partial charge in [-0.2, -0.15) is 13.2 Å². The van der Waals surface area contributed by atoms with Crippen LogP contribution in [-0.4, -0.2) is 18.8 Å². The van der Waals surface area contributed by atoms with Gasteiger partial charge in [0.25, 0.3) is 0 Å². The highest BCUT2D eigenvalue weighted by atomic mass is 19.4. The van der Waals surface area contributed by atoms with Crippen molar-refractivity contribution in [2.75, 3.05) is 6.54 Å². The SMILES string of the molecule is CCCNC(CC#CC(C)(C)C)CC(F)(F)F. The van der Waals surface area contributed by atoms with E-state index in [0.29, 0.717) is 6.54 Å². The van der Waals surface area contributed by atoms with Crippen molar-refractivity contribution in [3.8, 4) is 11.8 Å². The summed E-state index contributed by atoms with van der Waals surface area (Å²) in [6, 6.07) is -0.593. The third-order valence-corrected chi connectivity index (χ3v) is 1.97. The number of hydrogen-bond acceptors (Lipinski definition) is 1. The molecule has 0 aromatic heterocycles. The quantitative estimate of drug-likeness (QED) is 0.732. The van der Waals surface area contributed by atoms with Crippen LogP contribution in [0.5, 0.6) is 0 Å². The van der Waals surface area contributed by atoms with Crippen LogP contribution in [0.25, 0.3) is 0 Å². The Balaban J connectivity index is 4.32. The maximum Gasteiger partial charge on any atom is 0.390 e. The molecule has 0 bridgehead atoms. The molecule has 0 amide bonds. The summed E-state index contributed by atoms with van der Waals surface area (Å²) in [6.45, 7) is 8.35. The number of hydrogen-bond donors (Lipinski definition) is 1. The highest BCUT2D eigenvalue weighted by molar-refractivity contribution is 5.08. The molecule has 0 aliphatic heterocycles. The van der Waals surface area contributed by atoms with E-state index in [-0.39, 0.29) is 11.8 Å². The first-order valence-corrected chi connectivity index (χ1v) is 5.94. The average molecular weight is 249 g/mol. The molecule has 0 fully saturated rings. The van der Waals surface area contributed by atoms with Gasteiger partial charge in [0, 0.05) is 17.9 Å². The first kappa shape index (κ1) is 16.3. The highest BCUT2D eigenvalue weighted by Gasteiger charge is 2.31. The van der Waals surface area contributed by atoms with Crippen molar-refractivity contribution in [2.45, 2.75) is 59.2 Å². The van der Waals surface area contributed by atoms with E-state index < -0.39 is 18.6 Å². The van der Waals surface area contributed by atoms with E-state index in [1.165, 1.54) is 0 Å². The minimum atomic E-state index is -4.13. The molecule has 100 valence electrons. The minimum absolute atomic E-state index is 0.159. The van der Waals surface area contributed by atoms with E-state index in [2.05, 4.69) is 17.2 Å². The third kappa shape index (κ3) is 11.6. The molecule has 0 aromatic carbocycles. The van der Waals surface area contributed by atoms with Gasteiger partial charge < -0.3 is 5.32 Å². The van der Waals surface area contributed by atoms with Crippen LogP contribution >= 0.6 is 0 Å². The van der Waals surface area contributed by atoms with Crippen LogP contribution in [0.1, 0.15) is 47.0 Å². The third-order valence-electron chi connectivity index (χ3n) is 1.97. The molecule has 0 saturated carbocycles. The first-order chi connectivity index (χ1) is 7.64. The molecule has 1 unspecified atom stereocenters. The fraction of sp³-hybridized carbons (Fsp3) is 0.846. The minimum Gasteiger partial charge on any atom is -0.313 e. The van der Waals surface area contributed by atoms with E-state index in [4.69, 9.17) is 0 Å². The Morgan fingerprint density at radius 1 is 1.18 bits per heavy atom. The van der Waals surface area contributed by atoms with Gasteiger partial charge in [-0.05, 0) is 33.7 Å². The molecule has 0 spiro atoms. The molecule has 0 aliphatic carbocycles. The van der Waals surface area contributed by atoms with Crippen LogP contribution in [0, 0.1) is 17.3 Å². The Bertz CT molecular complexity index is 265. The normalized spacial score (nSPS) is 14.1. The molecule has 0 radical (unpaired) electrons. The summed E-state index contributed by atoms with van der Waals surface area (Å²) in [5.74, 6) is 5.80. The molecule has 1 atom stereocenters. The van der Waals surface area contributed by atoms with Gasteiger partial charge in [0.15, 0.2) is 0 Å². The topological polar surface area (TPSA) is 12.0 Å². The van der Waals surface area contributed by atoms with Gasteiger partial charge >= 0.3 is 6.18 Å². The second-order valence-corrected chi connectivity index (χ2v) is 5.23. The van der Waals surface area contributed by atoms with Crippen LogP contribution in [0.3, 0.4) is 0 Å². The summed E-state index contributed by atoms with van der Waals surface area (Å²) >= 11 is 0. The second-order valence-electron chi connectivity index (χ2n) is 5.23. The molecular formula is C13H22F3N. The van der Waals surface area contributed by atoms with E-state index in [1.54, 1.807) is 0 Å². The van der Waals surface area contributed by atoms with Crippen molar-refractivity contribution in [2.24, 2.45) is 5.41 Å². The molecule has 0 aliphatic rings. The van der Waals surface area contributed by atoms with Gasteiger partial charge in [-0.3, -0.25) is 0 Å². The molecule has 0 rings (SSSR count). The van der Waals surface area contributed by atoms with Crippen molar-refractivity contribution in [3.63, 3.8) is 0 Å². The summed E-state index contributed by atoms with van der Waals surface area (Å²) in [7, 11) is 0. The molecule has 1 nitrogen and oxygen atoms in total. The lowest BCUT2D eigenvalue weighted by Crippen LogP contribution is -2.34. The summed E-state index contributed by atoms with van der Waals surface area (Å²) < 4.78 is 36.9. The Morgan fingerprint density at radius 3 is 2.18 bits per heavy atom. The fourth-order valence-corrected chi connectivity index (χ4v) is 1.28. The van der Waals surface area contributed by atoms with Crippen molar-refractivity contribution in [3.05, 3.63) is 0 Å². The number of halogens is 3. The zero-order valence-electron chi connectivity index (χ0n) is 11.0. The van der Waals surface area contributed by atoms with E-state index in [0.717, 1.165) is 6.42 Å². The van der Waals surface area contributed by atoms with Gasteiger partial charge in [-0.15, -0.1) is 5.92 Å². The smallest absolute Gasteiger partial charge is 0.313 e. The van der Waals surface area contributed by atoms with Gasteiger partial charge in [0.1, 0.15) is 0 Å². The maximum absolute atomic E-state index is 12.3. The Labute approximate surface area is 102 Å². The number of nitrogens with one attached hydrogen (secondary N) is 1. The predicted octanol–water partition coefficient (Wildman–Crippen LogP) is 3.75. The molecule has 4 heteroatoms. The molecule has 0 saturated heterocycles. The monoisotopic (exact) mass is 249 g/mol. The van der Waals surface area contributed by atoms with Crippen LogP contribution in [0.2, 0.25) is 0 Å². The maximum atomic E-state index is 12.3. The first-order valence-electron chi connectivity index (χ1n) is 5.94. The van der Waals surface area contributed by atoms with Crippen LogP contribution in [0.4, 0.5) is 13.2 Å².